The van der Waals surface area contributed by atoms with E-state index in [4.69, 9.17) is 0 Å². The number of hydrogen-bond acceptors (Lipinski definition) is 6. The molecular weight excluding hydrogens is 332 g/mol. The number of nitrogens with zero attached hydrogens (tertiary/aromatic N) is 4. The fourth-order valence-electron chi connectivity index (χ4n) is 2.69. The number of piperazine rings is 1. The van der Waals surface area contributed by atoms with Crippen molar-refractivity contribution in [1.29, 1.82) is 0 Å². The van der Waals surface area contributed by atoms with Crippen LogP contribution in [0, 0.1) is 0 Å². The van der Waals surface area contributed by atoms with E-state index in [1.165, 1.54) is 19.3 Å². The summed E-state index contributed by atoms with van der Waals surface area (Å²) in [6.07, 6.45) is 3.07. The Balaban J connectivity index is 1.64. The van der Waals surface area contributed by atoms with Gasteiger partial charge in [-0.15, -0.1) is 0 Å². The van der Waals surface area contributed by atoms with Crippen LogP contribution >= 0.6 is 0 Å². The Hall–Kier alpha value is -3.00. The molecule has 0 aliphatic carbocycles. The highest BCUT2D eigenvalue weighted by Gasteiger charge is 2.17. The minimum absolute atomic E-state index is 0.165. The number of amides is 2. The van der Waals surface area contributed by atoms with Gasteiger partial charge in [0.1, 0.15) is 0 Å². The highest BCUT2D eigenvalue weighted by atomic mass is 16.2. The Morgan fingerprint density at radius 3 is 2.23 bits per heavy atom. The third-order valence-corrected chi connectivity index (χ3v) is 4.13. The molecule has 26 heavy (non-hydrogen) atoms. The van der Waals surface area contributed by atoms with Gasteiger partial charge in [0.05, 0.1) is 5.56 Å². The molecule has 1 aliphatic heterocycles. The highest BCUT2D eigenvalue weighted by molar-refractivity contribution is 6.04. The van der Waals surface area contributed by atoms with Crippen LogP contribution in [0.25, 0.3) is 0 Å². The van der Waals surface area contributed by atoms with Gasteiger partial charge in [0.15, 0.2) is 0 Å². The van der Waals surface area contributed by atoms with Gasteiger partial charge >= 0.3 is 0 Å². The van der Waals surface area contributed by atoms with Crippen LogP contribution in [0.2, 0.25) is 0 Å². The van der Waals surface area contributed by atoms with E-state index in [-0.39, 0.29) is 11.8 Å². The van der Waals surface area contributed by atoms with Crippen molar-refractivity contribution in [2.45, 2.75) is 6.92 Å². The molecule has 1 fully saturated rings. The van der Waals surface area contributed by atoms with Gasteiger partial charge in [0.25, 0.3) is 5.91 Å². The van der Waals surface area contributed by atoms with E-state index in [9.17, 15) is 9.59 Å². The van der Waals surface area contributed by atoms with Gasteiger partial charge < -0.3 is 20.4 Å². The van der Waals surface area contributed by atoms with Crippen molar-refractivity contribution in [2.24, 2.45) is 0 Å². The summed E-state index contributed by atoms with van der Waals surface area (Å²) in [4.78, 5) is 36.5. The predicted octanol–water partition coefficient (Wildman–Crippen LogP) is 1.44. The van der Waals surface area contributed by atoms with E-state index in [0.717, 1.165) is 26.2 Å². The molecule has 1 aliphatic rings. The molecule has 8 nitrogen and oxygen atoms in total. The van der Waals surface area contributed by atoms with E-state index in [2.05, 4.69) is 37.4 Å². The molecule has 0 atom stereocenters. The monoisotopic (exact) mass is 354 g/mol. The van der Waals surface area contributed by atoms with Gasteiger partial charge in [0, 0.05) is 56.9 Å². The fourth-order valence-corrected chi connectivity index (χ4v) is 2.69. The van der Waals surface area contributed by atoms with Crippen molar-refractivity contribution >= 4 is 29.1 Å². The first-order valence-electron chi connectivity index (χ1n) is 8.46. The quantitative estimate of drug-likeness (QED) is 0.863. The van der Waals surface area contributed by atoms with E-state index in [1.807, 2.05) is 0 Å². The van der Waals surface area contributed by atoms with Gasteiger partial charge in [-0.3, -0.25) is 9.59 Å². The Morgan fingerprint density at radius 2 is 1.62 bits per heavy atom. The van der Waals surface area contributed by atoms with Gasteiger partial charge in [0.2, 0.25) is 11.9 Å². The number of rotatable bonds is 4. The van der Waals surface area contributed by atoms with Gasteiger partial charge in [-0.1, -0.05) is 6.07 Å². The van der Waals surface area contributed by atoms with Crippen LogP contribution in [0.3, 0.4) is 0 Å². The summed E-state index contributed by atoms with van der Waals surface area (Å²) in [6.45, 7) is 5.12. The van der Waals surface area contributed by atoms with Crippen LogP contribution in [-0.2, 0) is 4.79 Å². The summed E-state index contributed by atoms with van der Waals surface area (Å²) in [7, 11) is 2.09. The summed E-state index contributed by atoms with van der Waals surface area (Å²) in [6, 6.07) is 6.96. The first-order valence-corrected chi connectivity index (χ1v) is 8.46. The van der Waals surface area contributed by atoms with Crippen molar-refractivity contribution in [3.63, 3.8) is 0 Å². The van der Waals surface area contributed by atoms with Crippen LogP contribution in [0.4, 0.5) is 17.3 Å². The Labute approximate surface area is 152 Å². The van der Waals surface area contributed by atoms with Crippen molar-refractivity contribution < 1.29 is 9.59 Å². The maximum absolute atomic E-state index is 12.4. The second-order valence-electron chi connectivity index (χ2n) is 6.28. The SMILES string of the molecule is CC(=O)Nc1cccc(NC(=O)c2cnc(N3CCN(C)CC3)nc2)c1. The topological polar surface area (TPSA) is 90.5 Å². The standard InChI is InChI=1S/C18H22N6O2/c1-13(25)21-15-4-3-5-16(10-15)22-17(26)14-11-19-18(20-12-14)24-8-6-23(2)7-9-24/h3-5,10-12H,6-9H2,1-2H3,(H,21,25)(H,22,26). The number of hydrogen-bond donors (Lipinski definition) is 2. The maximum Gasteiger partial charge on any atom is 0.258 e. The molecule has 1 aromatic carbocycles. The first kappa shape index (κ1) is 17.8. The average Bonchev–Trinajstić information content (AvgIpc) is 2.62. The van der Waals surface area contributed by atoms with Crippen molar-refractivity contribution in [3.05, 3.63) is 42.2 Å². The van der Waals surface area contributed by atoms with Crippen LogP contribution in [-0.4, -0.2) is 59.9 Å². The molecule has 0 bridgehead atoms. The molecule has 0 radical (unpaired) electrons. The molecule has 136 valence electrons. The zero-order chi connectivity index (χ0) is 18.5. The lowest BCUT2D eigenvalue weighted by Gasteiger charge is -2.32. The van der Waals surface area contributed by atoms with Crippen LogP contribution in [0.15, 0.2) is 36.7 Å². The minimum atomic E-state index is -0.296. The zero-order valence-corrected chi connectivity index (χ0v) is 14.9. The average molecular weight is 354 g/mol. The fraction of sp³-hybridized carbons (Fsp3) is 0.333. The number of aromatic nitrogens is 2. The lowest BCUT2D eigenvalue weighted by atomic mass is 10.2. The van der Waals surface area contributed by atoms with Gasteiger partial charge in [-0.2, -0.15) is 0 Å². The molecule has 2 heterocycles. The Bertz CT molecular complexity index is 785. The summed E-state index contributed by atoms with van der Waals surface area (Å²) in [5, 5.41) is 5.47. The number of likely N-dealkylation sites (N-methyl/N-ethyl adjacent to an activating group) is 1. The largest absolute Gasteiger partial charge is 0.338 e. The van der Waals surface area contributed by atoms with E-state index in [0.29, 0.717) is 22.9 Å². The van der Waals surface area contributed by atoms with Crippen LogP contribution < -0.4 is 15.5 Å². The third kappa shape index (κ3) is 4.54. The number of carbonyl (C=O) groups is 2. The normalized spacial score (nSPS) is 14.8. The lowest BCUT2D eigenvalue weighted by Crippen LogP contribution is -2.45. The Kier molecular flexibility index (Phi) is 5.43. The smallest absolute Gasteiger partial charge is 0.258 e. The minimum Gasteiger partial charge on any atom is -0.338 e. The summed E-state index contributed by atoms with van der Waals surface area (Å²) < 4.78 is 0. The lowest BCUT2D eigenvalue weighted by molar-refractivity contribution is -0.114. The molecule has 3 rings (SSSR count). The third-order valence-electron chi connectivity index (χ3n) is 4.13. The first-order chi connectivity index (χ1) is 12.5. The van der Waals surface area contributed by atoms with E-state index < -0.39 is 0 Å². The van der Waals surface area contributed by atoms with Crippen molar-refractivity contribution in [1.82, 2.24) is 14.9 Å². The molecule has 1 aromatic heterocycles. The molecule has 0 unspecified atom stereocenters. The van der Waals surface area contributed by atoms with Crippen LogP contribution in [0.1, 0.15) is 17.3 Å². The molecular formula is C18H22N6O2. The van der Waals surface area contributed by atoms with Gasteiger partial charge in [-0.05, 0) is 25.2 Å². The summed E-state index contributed by atoms with van der Waals surface area (Å²) in [5.74, 6) is 0.179. The number of benzene rings is 1. The second kappa shape index (κ2) is 7.92. The molecule has 0 spiro atoms. The van der Waals surface area contributed by atoms with Crippen molar-refractivity contribution in [3.8, 4) is 0 Å². The number of anilines is 3. The van der Waals surface area contributed by atoms with Crippen LogP contribution in [0.5, 0.6) is 0 Å². The second-order valence-corrected chi connectivity index (χ2v) is 6.28. The molecule has 2 N–H and O–H groups in total. The molecule has 2 aromatic rings. The summed E-state index contributed by atoms with van der Waals surface area (Å²) in [5.41, 5.74) is 1.59. The Morgan fingerprint density at radius 1 is 1.00 bits per heavy atom. The van der Waals surface area contributed by atoms with Crippen molar-refractivity contribution in [2.75, 3.05) is 48.8 Å². The molecule has 1 saturated heterocycles. The number of carbonyl (C=O) groups excluding carboxylic acids is 2. The number of nitrogens with one attached hydrogen (secondary N) is 2. The predicted molar refractivity (Wildman–Crippen MR) is 100 cm³/mol. The molecule has 2 amide bonds. The highest BCUT2D eigenvalue weighted by Crippen LogP contribution is 2.16. The summed E-state index contributed by atoms with van der Waals surface area (Å²) >= 11 is 0. The van der Waals surface area contributed by atoms with E-state index in [1.54, 1.807) is 24.3 Å². The maximum atomic E-state index is 12.4. The molecule has 0 saturated carbocycles. The van der Waals surface area contributed by atoms with Gasteiger partial charge in [-0.25, -0.2) is 9.97 Å². The molecule has 8 heteroatoms. The van der Waals surface area contributed by atoms with E-state index >= 15 is 0 Å². The zero-order valence-electron chi connectivity index (χ0n) is 14.9.